The molecule has 0 aliphatic heterocycles. The van der Waals surface area contributed by atoms with E-state index in [1.807, 2.05) is 24.5 Å². The van der Waals surface area contributed by atoms with Gasteiger partial charge < -0.3 is 4.90 Å². The third-order valence-corrected chi connectivity index (χ3v) is 4.17. The highest BCUT2D eigenvalue weighted by Gasteiger charge is 2.25. The maximum Gasteiger partial charge on any atom is 0.112 e. The molecule has 4 heteroatoms. The summed E-state index contributed by atoms with van der Waals surface area (Å²) in [7, 11) is 2.12. The molecule has 0 aromatic carbocycles. The van der Waals surface area contributed by atoms with Crippen molar-refractivity contribution in [1.82, 2.24) is 9.97 Å². The van der Waals surface area contributed by atoms with Gasteiger partial charge in [0.15, 0.2) is 0 Å². The first-order valence-electron chi connectivity index (χ1n) is 6.44. The standard InChI is InChI=1S/C15H20BrN3/c1-10(15(2,3)4)19(5)13-6-7-17-12-8-11(16)9-18-14(12)13/h6-10H,1-5H3. The van der Waals surface area contributed by atoms with Gasteiger partial charge in [0.1, 0.15) is 5.52 Å². The van der Waals surface area contributed by atoms with Crippen LogP contribution in [0.4, 0.5) is 5.69 Å². The molecule has 0 bridgehead atoms. The molecule has 0 amide bonds. The molecule has 102 valence electrons. The number of hydrogen-bond donors (Lipinski definition) is 0. The molecule has 0 aliphatic rings. The summed E-state index contributed by atoms with van der Waals surface area (Å²) in [6.07, 6.45) is 3.67. The fourth-order valence-corrected chi connectivity index (χ4v) is 2.38. The molecule has 0 saturated carbocycles. The normalized spacial score (nSPS) is 13.6. The predicted molar refractivity (Wildman–Crippen MR) is 84.6 cm³/mol. The van der Waals surface area contributed by atoms with Gasteiger partial charge in [0.2, 0.25) is 0 Å². The molecule has 0 aliphatic carbocycles. The van der Waals surface area contributed by atoms with Gasteiger partial charge in [-0.15, -0.1) is 0 Å². The van der Waals surface area contributed by atoms with Crippen LogP contribution >= 0.6 is 15.9 Å². The Labute approximate surface area is 123 Å². The Kier molecular flexibility index (Phi) is 3.81. The molecule has 0 saturated heterocycles. The highest BCUT2D eigenvalue weighted by molar-refractivity contribution is 9.10. The van der Waals surface area contributed by atoms with Gasteiger partial charge in [0.25, 0.3) is 0 Å². The number of aromatic nitrogens is 2. The monoisotopic (exact) mass is 321 g/mol. The van der Waals surface area contributed by atoms with Crippen LogP contribution in [0.1, 0.15) is 27.7 Å². The number of anilines is 1. The SMILES string of the molecule is CC(N(C)c1ccnc2cc(Br)cnc12)C(C)(C)C. The molecule has 2 rings (SSSR count). The zero-order chi connectivity index (χ0) is 14.2. The Morgan fingerprint density at radius 3 is 2.58 bits per heavy atom. The average Bonchev–Trinajstić information content (AvgIpc) is 2.34. The van der Waals surface area contributed by atoms with E-state index in [-0.39, 0.29) is 5.41 Å². The van der Waals surface area contributed by atoms with Crippen LogP contribution in [0, 0.1) is 5.41 Å². The Balaban J connectivity index is 2.51. The van der Waals surface area contributed by atoms with E-state index in [9.17, 15) is 0 Å². The van der Waals surface area contributed by atoms with E-state index >= 15 is 0 Å². The van der Waals surface area contributed by atoms with Crippen LogP contribution in [-0.4, -0.2) is 23.1 Å². The molecule has 2 heterocycles. The first kappa shape index (κ1) is 14.3. The van der Waals surface area contributed by atoms with E-state index in [1.54, 1.807) is 0 Å². The van der Waals surface area contributed by atoms with Gasteiger partial charge in [0, 0.05) is 30.0 Å². The fraction of sp³-hybridized carbons (Fsp3) is 0.467. The highest BCUT2D eigenvalue weighted by atomic mass is 79.9. The van der Waals surface area contributed by atoms with Crippen LogP contribution in [0.3, 0.4) is 0 Å². The molecule has 3 nitrogen and oxygen atoms in total. The van der Waals surface area contributed by atoms with Gasteiger partial charge in [-0.2, -0.15) is 0 Å². The van der Waals surface area contributed by atoms with E-state index < -0.39 is 0 Å². The van der Waals surface area contributed by atoms with Gasteiger partial charge >= 0.3 is 0 Å². The quantitative estimate of drug-likeness (QED) is 0.827. The van der Waals surface area contributed by atoms with Crippen LogP contribution in [0.5, 0.6) is 0 Å². The van der Waals surface area contributed by atoms with Crippen LogP contribution in [-0.2, 0) is 0 Å². The number of halogens is 1. The first-order valence-corrected chi connectivity index (χ1v) is 7.23. The zero-order valence-electron chi connectivity index (χ0n) is 12.1. The number of nitrogens with zero attached hydrogens (tertiary/aromatic N) is 3. The van der Waals surface area contributed by atoms with Crippen molar-refractivity contribution in [3.8, 4) is 0 Å². The minimum Gasteiger partial charge on any atom is -0.370 e. The molecule has 0 N–H and O–H groups in total. The molecular weight excluding hydrogens is 302 g/mol. The van der Waals surface area contributed by atoms with Gasteiger partial charge in [-0.25, -0.2) is 0 Å². The summed E-state index contributed by atoms with van der Waals surface area (Å²) in [5.41, 5.74) is 3.20. The molecule has 0 fully saturated rings. The summed E-state index contributed by atoms with van der Waals surface area (Å²) in [6.45, 7) is 9.00. The lowest BCUT2D eigenvalue weighted by Gasteiger charge is -2.37. The Bertz CT molecular complexity index is 589. The van der Waals surface area contributed by atoms with Crippen LogP contribution in [0.25, 0.3) is 11.0 Å². The predicted octanol–water partition coefficient (Wildman–Crippen LogP) is 4.26. The summed E-state index contributed by atoms with van der Waals surface area (Å²) in [4.78, 5) is 11.2. The van der Waals surface area contributed by atoms with E-state index in [2.05, 4.69) is 65.5 Å². The molecule has 2 aromatic heterocycles. The fourth-order valence-electron chi connectivity index (χ4n) is 2.07. The molecule has 0 radical (unpaired) electrons. The van der Waals surface area contributed by atoms with Crippen LogP contribution in [0.15, 0.2) is 29.0 Å². The molecule has 2 aromatic rings. The minimum absolute atomic E-state index is 0.208. The number of fused-ring (bicyclic) bond motifs is 1. The second kappa shape index (κ2) is 5.08. The summed E-state index contributed by atoms with van der Waals surface area (Å²) in [5.74, 6) is 0. The van der Waals surface area contributed by atoms with Crippen molar-refractivity contribution >= 4 is 32.7 Å². The second-order valence-corrected chi connectivity index (χ2v) is 6.92. The molecule has 1 unspecified atom stereocenters. The summed E-state index contributed by atoms with van der Waals surface area (Å²) in [5, 5.41) is 0. The average molecular weight is 322 g/mol. The van der Waals surface area contributed by atoms with Crippen molar-refractivity contribution in [2.24, 2.45) is 5.41 Å². The Hall–Kier alpha value is -1.16. The van der Waals surface area contributed by atoms with Crippen molar-refractivity contribution in [2.45, 2.75) is 33.7 Å². The van der Waals surface area contributed by atoms with Gasteiger partial charge in [0.05, 0.1) is 11.2 Å². The zero-order valence-corrected chi connectivity index (χ0v) is 13.7. The summed E-state index contributed by atoms with van der Waals surface area (Å²) >= 11 is 3.44. The topological polar surface area (TPSA) is 29.0 Å². The summed E-state index contributed by atoms with van der Waals surface area (Å²) in [6, 6.07) is 4.44. The van der Waals surface area contributed by atoms with E-state index in [0.717, 1.165) is 21.2 Å². The van der Waals surface area contributed by atoms with E-state index in [1.165, 1.54) is 0 Å². The lowest BCUT2D eigenvalue weighted by Crippen LogP contribution is -2.39. The van der Waals surface area contributed by atoms with Crippen LogP contribution < -0.4 is 4.90 Å². The van der Waals surface area contributed by atoms with Crippen molar-refractivity contribution in [1.29, 1.82) is 0 Å². The third-order valence-electron chi connectivity index (χ3n) is 3.74. The van der Waals surface area contributed by atoms with E-state index in [4.69, 9.17) is 0 Å². The maximum absolute atomic E-state index is 4.52. The molecule has 1 atom stereocenters. The Morgan fingerprint density at radius 1 is 1.26 bits per heavy atom. The number of rotatable bonds is 2. The highest BCUT2D eigenvalue weighted by Crippen LogP contribution is 2.31. The van der Waals surface area contributed by atoms with Crippen molar-refractivity contribution in [2.75, 3.05) is 11.9 Å². The van der Waals surface area contributed by atoms with Crippen LogP contribution in [0.2, 0.25) is 0 Å². The maximum atomic E-state index is 4.52. The van der Waals surface area contributed by atoms with Crippen molar-refractivity contribution < 1.29 is 0 Å². The van der Waals surface area contributed by atoms with Gasteiger partial charge in [-0.3, -0.25) is 9.97 Å². The molecular formula is C15H20BrN3. The number of pyridine rings is 2. The van der Waals surface area contributed by atoms with E-state index in [0.29, 0.717) is 6.04 Å². The lowest BCUT2D eigenvalue weighted by atomic mass is 9.87. The van der Waals surface area contributed by atoms with Gasteiger partial charge in [-0.1, -0.05) is 20.8 Å². The third kappa shape index (κ3) is 2.89. The second-order valence-electron chi connectivity index (χ2n) is 6.00. The summed E-state index contributed by atoms with van der Waals surface area (Å²) < 4.78 is 0.955. The smallest absolute Gasteiger partial charge is 0.112 e. The Morgan fingerprint density at radius 2 is 1.95 bits per heavy atom. The minimum atomic E-state index is 0.208. The van der Waals surface area contributed by atoms with Gasteiger partial charge in [-0.05, 0) is 40.4 Å². The molecule has 0 spiro atoms. The lowest BCUT2D eigenvalue weighted by molar-refractivity contribution is 0.330. The largest absolute Gasteiger partial charge is 0.370 e. The number of hydrogen-bond acceptors (Lipinski definition) is 3. The van der Waals surface area contributed by atoms with Crippen molar-refractivity contribution in [3.05, 3.63) is 29.0 Å². The first-order chi connectivity index (χ1) is 8.80. The van der Waals surface area contributed by atoms with Crippen molar-refractivity contribution in [3.63, 3.8) is 0 Å². The molecule has 19 heavy (non-hydrogen) atoms.